The van der Waals surface area contributed by atoms with E-state index in [9.17, 15) is 9.18 Å². The number of amides is 1. The lowest BCUT2D eigenvalue weighted by molar-refractivity contribution is -0.120. The van der Waals surface area contributed by atoms with Gasteiger partial charge >= 0.3 is 0 Å². The number of carbonyl (C=O) groups excluding carboxylic acids is 1. The van der Waals surface area contributed by atoms with E-state index < -0.39 is 0 Å². The highest BCUT2D eigenvalue weighted by atomic mass is 32.2. The second-order valence-corrected chi connectivity index (χ2v) is 7.49. The molecule has 2 aromatic carbocycles. The fourth-order valence-electron chi connectivity index (χ4n) is 2.63. The highest BCUT2D eigenvalue weighted by molar-refractivity contribution is 8.00. The maximum atomic E-state index is 13.3. The molecule has 1 N–H and O–H groups in total. The standard InChI is InChI=1S/C21H21FN4OS/c1-3-13-23-20(27)15(2)28-21-25-24-19(17-9-11-18(22)12-10-17)26(21)14-16-7-5-4-6-8-16/h3-12,15H,1,13-14H2,2H3,(H,23,27)/t15-/m1/s1. The maximum absolute atomic E-state index is 13.3. The number of nitrogens with zero attached hydrogens (tertiary/aromatic N) is 3. The van der Waals surface area contributed by atoms with Crippen LogP contribution in [0.25, 0.3) is 11.4 Å². The van der Waals surface area contributed by atoms with Gasteiger partial charge in [-0.15, -0.1) is 16.8 Å². The Labute approximate surface area is 167 Å². The lowest BCUT2D eigenvalue weighted by atomic mass is 10.2. The third-order valence-corrected chi connectivity index (χ3v) is 5.16. The van der Waals surface area contributed by atoms with Gasteiger partial charge in [0.1, 0.15) is 5.82 Å². The molecule has 1 amide bonds. The molecule has 0 unspecified atom stereocenters. The number of halogens is 1. The Morgan fingerprint density at radius 2 is 1.93 bits per heavy atom. The Morgan fingerprint density at radius 1 is 1.21 bits per heavy atom. The molecule has 0 aliphatic rings. The molecular formula is C21H21FN4OS. The van der Waals surface area contributed by atoms with Gasteiger partial charge in [-0.3, -0.25) is 9.36 Å². The molecule has 1 heterocycles. The van der Waals surface area contributed by atoms with Crippen molar-refractivity contribution in [1.82, 2.24) is 20.1 Å². The first-order valence-electron chi connectivity index (χ1n) is 8.87. The fourth-order valence-corrected chi connectivity index (χ4v) is 3.50. The number of hydrogen-bond donors (Lipinski definition) is 1. The van der Waals surface area contributed by atoms with Crippen molar-refractivity contribution < 1.29 is 9.18 Å². The van der Waals surface area contributed by atoms with Gasteiger partial charge in [-0.05, 0) is 36.8 Å². The maximum Gasteiger partial charge on any atom is 0.233 e. The zero-order chi connectivity index (χ0) is 19.9. The van der Waals surface area contributed by atoms with Crippen molar-refractivity contribution in [3.05, 3.63) is 78.6 Å². The van der Waals surface area contributed by atoms with E-state index in [2.05, 4.69) is 22.1 Å². The monoisotopic (exact) mass is 396 g/mol. The third-order valence-electron chi connectivity index (χ3n) is 4.07. The average Bonchev–Trinajstić information content (AvgIpc) is 3.09. The summed E-state index contributed by atoms with van der Waals surface area (Å²) in [5, 5.41) is 11.7. The molecular weight excluding hydrogens is 375 g/mol. The SMILES string of the molecule is C=CCNC(=O)[C@@H](C)Sc1nnc(-c2ccc(F)cc2)n1Cc1ccccc1. The van der Waals surface area contributed by atoms with Gasteiger partial charge in [0.05, 0.1) is 11.8 Å². The summed E-state index contributed by atoms with van der Waals surface area (Å²) in [5.74, 6) is 0.229. The Hall–Kier alpha value is -2.93. The fraction of sp³-hybridized carbons (Fsp3) is 0.190. The highest BCUT2D eigenvalue weighted by Crippen LogP contribution is 2.28. The predicted molar refractivity (Wildman–Crippen MR) is 109 cm³/mol. The van der Waals surface area contributed by atoms with Crippen molar-refractivity contribution in [2.24, 2.45) is 0 Å². The number of hydrogen-bond acceptors (Lipinski definition) is 4. The molecule has 0 spiro atoms. The molecule has 144 valence electrons. The van der Waals surface area contributed by atoms with E-state index in [1.54, 1.807) is 18.2 Å². The van der Waals surface area contributed by atoms with Crippen LogP contribution in [0.15, 0.2) is 72.4 Å². The van der Waals surface area contributed by atoms with Gasteiger partial charge in [0.2, 0.25) is 5.91 Å². The molecule has 0 radical (unpaired) electrons. The summed E-state index contributed by atoms with van der Waals surface area (Å²) < 4.78 is 15.3. The zero-order valence-corrected chi connectivity index (χ0v) is 16.3. The lowest BCUT2D eigenvalue weighted by Crippen LogP contribution is -2.31. The number of carbonyl (C=O) groups is 1. The van der Waals surface area contributed by atoms with Crippen molar-refractivity contribution in [2.45, 2.75) is 23.9 Å². The van der Waals surface area contributed by atoms with Crippen molar-refractivity contribution in [2.75, 3.05) is 6.54 Å². The van der Waals surface area contributed by atoms with Crippen LogP contribution in [-0.4, -0.2) is 32.5 Å². The third kappa shape index (κ3) is 4.86. The first-order chi connectivity index (χ1) is 13.6. The van der Waals surface area contributed by atoms with Crippen LogP contribution in [0.1, 0.15) is 12.5 Å². The molecule has 1 atom stereocenters. The first kappa shape index (κ1) is 19.8. The molecule has 1 aromatic heterocycles. The summed E-state index contributed by atoms with van der Waals surface area (Å²) >= 11 is 1.34. The van der Waals surface area contributed by atoms with Crippen molar-refractivity contribution in [3.8, 4) is 11.4 Å². The van der Waals surface area contributed by atoms with Gasteiger partial charge in [0.15, 0.2) is 11.0 Å². The summed E-state index contributed by atoms with van der Waals surface area (Å²) in [6.07, 6.45) is 1.64. The minimum absolute atomic E-state index is 0.0949. The van der Waals surface area contributed by atoms with Gasteiger partial charge in [-0.1, -0.05) is 48.2 Å². The van der Waals surface area contributed by atoms with E-state index in [1.165, 1.54) is 23.9 Å². The summed E-state index contributed by atoms with van der Waals surface area (Å²) in [4.78, 5) is 12.2. The molecule has 3 rings (SSSR count). The predicted octanol–water partition coefficient (Wildman–Crippen LogP) is 3.92. The Morgan fingerprint density at radius 3 is 2.61 bits per heavy atom. The van der Waals surface area contributed by atoms with Gasteiger partial charge < -0.3 is 5.32 Å². The molecule has 0 saturated heterocycles. The largest absolute Gasteiger partial charge is 0.352 e. The Balaban J connectivity index is 1.92. The summed E-state index contributed by atoms with van der Waals surface area (Å²) in [7, 11) is 0. The average molecular weight is 396 g/mol. The minimum Gasteiger partial charge on any atom is -0.352 e. The van der Waals surface area contributed by atoms with Gasteiger partial charge in [-0.2, -0.15) is 0 Å². The van der Waals surface area contributed by atoms with Gasteiger partial charge in [0, 0.05) is 12.1 Å². The zero-order valence-electron chi connectivity index (χ0n) is 15.5. The van der Waals surface area contributed by atoms with Crippen LogP contribution >= 0.6 is 11.8 Å². The normalized spacial score (nSPS) is 11.8. The number of rotatable bonds is 8. The topological polar surface area (TPSA) is 59.8 Å². The summed E-state index contributed by atoms with van der Waals surface area (Å²) in [6.45, 7) is 6.39. The summed E-state index contributed by atoms with van der Waals surface area (Å²) in [5.41, 5.74) is 1.84. The Kier molecular flexibility index (Phi) is 6.60. The molecule has 0 aliphatic heterocycles. The van der Waals surface area contributed by atoms with Crippen molar-refractivity contribution in [3.63, 3.8) is 0 Å². The molecule has 0 aliphatic carbocycles. The van der Waals surface area contributed by atoms with E-state index in [0.717, 1.165) is 11.1 Å². The smallest absolute Gasteiger partial charge is 0.233 e. The molecule has 0 fully saturated rings. The van der Waals surface area contributed by atoms with Crippen LogP contribution in [0.2, 0.25) is 0 Å². The van der Waals surface area contributed by atoms with Crippen LogP contribution in [0.5, 0.6) is 0 Å². The molecule has 0 saturated carbocycles. The van der Waals surface area contributed by atoms with E-state index in [4.69, 9.17) is 0 Å². The first-order valence-corrected chi connectivity index (χ1v) is 9.74. The van der Waals surface area contributed by atoms with Gasteiger partial charge in [0.25, 0.3) is 0 Å². The number of nitrogens with one attached hydrogen (secondary N) is 1. The molecule has 28 heavy (non-hydrogen) atoms. The molecule has 3 aromatic rings. The molecule has 0 bridgehead atoms. The van der Waals surface area contributed by atoms with E-state index >= 15 is 0 Å². The molecule has 5 nitrogen and oxygen atoms in total. The molecule has 7 heteroatoms. The van der Waals surface area contributed by atoms with Crippen molar-refractivity contribution >= 4 is 17.7 Å². The van der Waals surface area contributed by atoms with Crippen molar-refractivity contribution in [1.29, 1.82) is 0 Å². The van der Waals surface area contributed by atoms with Crippen LogP contribution in [0.4, 0.5) is 4.39 Å². The van der Waals surface area contributed by atoms with E-state index in [0.29, 0.717) is 24.1 Å². The van der Waals surface area contributed by atoms with Crippen LogP contribution < -0.4 is 5.32 Å². The van der Waals surface area contributed by atoms with E-state index in [-0.39, 0.29) is 17.0 Å². The second kappa shape index (κ2) is 9.32. The minimum atomic E-state index is -0.347. The lowest BCUT2D eigenvalue weighted by Gasteiger charge is -2.13. The van der Waals surface area contributed by atoms with E-state index in [1.807, 2.05) is 41.8 Å². The van der Waals surface area contributed by atoms with Crippen LogP contribution in [-0.2, 0) is 11.3 Å². The van der Waals surface area contributed by atoms with Crippen LogP contribution in [0.3, 0.4) is 0 Å². The van der Waals surface area contributed by atoms with Gasteiger partial charge in [-0.25, -0.2) is 4.39 Å². The number of benzene rings is 2. The quantitative estimate of drug-likeness (QED) is 0.463. The van der Waals surface area contributed by atoms with Crippen LogP contribution in [0, 0.1) is 5.82 Å². The number of thioether (sulfide) groups is 1. The summed E-state index contributed by atoms with van der Waals surface area (Å²) in [6, 6.07) is 16.1. The highest BCUT2D eigenvalue weighted by Gasteiger charge is 2.20. The Bertz CT molecular complexity index is 941. The second-order valence-electron chi connectivity index (χ2n) is 6.18. The number of aromatic nitrogens is 3.